The van der Waals surface area contributed by atoms with E-state index in [-0.39, 0.29) is 6.10 Å². The van der Waals surface area contributed by atoms with Crippen molar-refractivity contribution in [3.63, 3.8) is 0 Å². The second-order valence-corrected chi connectivity index (χ2v) is 4.98. The maximum atomic E-state index is 9.68. The molecule has 0 fully saturated rings. The Bertz CT molecular complexity index is 459. The average molecular weight is 247 g/mol. The molecule has 18 heavy (non-hydrogen) atoms. The van der Waals surface area contributed by atoms with Gasteiger partial charge in [-0.2, -0.15) is 0 Å². The second-order valence-electron chi connectivity index (χ2n) is 4.98. The fourth-order valence-corrected chi connectivity index (χ4v) is 1.87. The monoisotopic (exact) mass is 247 g/mol. The smallest absolute Gasteiger partial charge is 0.137 e. The van der Waals surface area contributed by atoms with Crippen LogP contribution in [-0.2, 0) is 6.54 Å². The summed E-state index contributed by atoms with van der Waals surface area (Å²) in [6, 6.07) is 5.97. The van der Waals surface area contributed by atoms with E-state index in [4.69, 9.17) is 0 Å². The molecular weight excluding hydrogens is 226 g/mol. The summed E-state index contributed by atoms with van der Waals surface area (Å²) in [5.41, 5.74) is 2.00. The number of aliphatic hydroxyl groups excluding tert-OH is 1. The topological polar surface area (TPSA) is 49.6 Å². The first-order valence-electron chi connectivity index (χ1n) is 6.48. The summed E-state index contributed by atoms with van der Waals surface area (Å²) < 4.78 is 2.01. The van der Waals surface area contributed by atoms with E-state index in [0.717, 1.165) is 30.9 Å². The zero-order valence-corrected chi connectivity index (χ0v) is 11.0. The predicted octanol–water partition coefficient (Wildman–Crippen LogP) is 1.83. The number of rotatable bonds is 6. The molecule has 2 heterocycles. The van der Waals surface area contributed by atoms with Crippen LogP contribution in [0.3, 0.4) is 0 Å². The molecule has 0 aliphatic rings. The van der Waals surface area contributed by atoms with Gasteiger partial charge in [0, 0.05) is 18.9 Å². The summed E-state index contributed by atoms with van der Waals surface area (Å²) in [7, 11) is 0. The number of fused-ring (bicyclic) bond motifs is 1. The van der Waals surface area contributed by atoms with Crippen LogP contribution >= 0.6 is 0 Å². The molecule has 4 nitrogen and oxygen atoms in total. The molecule has 0 saturated heterocycles. The summed E-state index contributed by atoms with van der Waals surface area (Å²) in [4.78, 5) is 4.50. The van der Waals surface area contributed by atoms with Crippen LogP contribution in [0.1, 0.15) is 26.0 Å². The Labute approximate surface area is 108 Å². The van der Waals surface area contributed by atoms with Crippen LogP contribution < -0.4 is 5.32 Å². The normalized spacial score (nSPS) is 13.3. The fraction of sp³-hybridized carbons (Fsp3) is 0.500. The van der Waals surface area contributed by atoms with E-state index in [1.807, 2.05) is 48.8 Å². The number of aliphatic hydroxyl groups is 1. The number of nitrogens with one attached hydrogen (secondary N) is 1. The van der Waals surface area contributed by atoms with Crippen LogP contribution in [0, 0.1) is 5.92 Å². The Morgan fingerprint density at radius 2 is 2.22 bits per heavy atom. The molecule has 0 aliphatic carbocycles. The molecule has 0 bridgehead atoms. The Hall–Kier alpha value is -1.39. The second kappa shape index (κ2) is 5.98. The molecule has 98 valence electrons. The molecule has 2 rings (SSSR count). The predicted molar refractivity (Wildman–Crippen MR) is 72.4 cm³/mol. The Balaban J connectivity index is 1.80. The summed E-state index contributed by atoms with van der Waals surface area (Å²) in [5, 5.41) is 13.0. The minimum atomic E-state index is -0.224. The number of hydrogen-bond acceptors (Lipinski definition) is 3. The molecule has 0 amide bonds. The standard InChI is InChI=1S/C14H21N3O/c1-11(2)13(18)6-7-15-9-12-10-17-8-4-3-5-14(17)16-12/h3-5,8,10-11,13,15,18H,6-7,9H2,1-2H3. The Morgan fingerprint density at radius 3 is 2.94 bits per heavy atom. The molecule has 4 heteroatoms. The van der Waals surface area contributed by atoms with E-state index in [1.165, 1.54) is 0 Å². The molecular formula is C14H21N3O. The van der Waals surface area contributed by atoms with Crippen molar-refractivity contribution in [3.8, 4) is 0 Å². The van der Waals surface area contributed by atoms with Crippen LogP contribution in [0.2, 0.25) is 0 Å². The van der Waals surface area contributed by atoms with Gasteiger partial charge in [-0.25, -0.2) is 4.98 Å². The van der Waals surface area contributed by atoms with Gasteiger partial charge in [0.25, 0.3) is 0 Å². The van der Waals surface area contributed by atoms with Gasteiger partial charge in [-0.05, 0) is 31.0 Å². The van der Waals surface area contributed by atoms with Gasteiger partial charge in [0.1, 0.15) is 5.65 Å². The molecule has 2 aromatic rings. The van der Waals surface area contributed by atoms with Crippen LogP contribution in [0.25, 0.3) is 5.65 Å². The Kier molecular flexibility index (Phi) is 4.33. The molecule has 2 aromatic heterocycles. The van der Waals surface area contributed by atoms with Gasteiger partial charge in [-0.3, -0.25) is 0 Å². The quantitative estimate of drug-likeness (QED) is 0.766. The van der Waals surface area contributed by atoms with Gasteiger partial charge < -0.3 is 14.8 Å². The third-order valence-corrected chi connectivity index (χ3v) is 3.11. The molecule has 0 aliphatic heterocycles. The third kappa shape index (κ3) is 3.31. The average Bonchev–Trinajstić information content (AvgIpc) is 2.76. The maximum absolute atomic E-state index is 9.68. The highest BCUT2D eigenvalue weighted by molar-refractivity contribution is 5.39. The molecule has 0 radical (unpaired) electrons. The number of imidazole rings is 1. The van der Waals surface area contributed by atoms with Gasteiger partial charge >= 0.3 is 0 Å². The van der Waals surface area contributed by atoms with E-state index < -0.39 is 0 Å². The minimum absolute atomic E-state index is 0.224. The van der Waals surface area contributed by atoms with Crippen molar-refractivity contribution >= 4 is 5.65 Å². The van der Waals surface area contributed by atoms with Crippen LogP contribution in [-0.4, -0.2) is 27.1 Å². The summed E-state index contributed by atoms with van der Waals surface area (Å²) in [6.07, 6.45) is 4.58. The SMILES string of the molecule is CC(C)C(O)CCNCc1cn2ccccc2n1. The van der Waals surface area contributed by atoms with Crippen molar-refractivity contribution in [2.24, 2.45) is 5.92 Å². The van der Waals surface area contributed by atoms with E-state index in [2.05, 4.69) is 10.3 Å². The van der Waals surface area contributed by atoms with E-state index in [1.54, 1.807) is 0 Å². The lowest BCUT2D eigenvalue weighted by Gasteiger charge is -2.13. The maximum Gasteiger partial charge on any atom is 0.137 e. The highest BCUT2D eigenvalue weighted by Crippen LogP contribution is 2.06. The molecule has 0 saturated carbocycles. The van der Waals surface area contributed by atoms with Gasteiger partial charge in [-0.1, -0.05) is 19.9 Å². The molecule has 0 spiro atoms. The molecule has 2 N–H and O–H groups in total. The van der Waals surface area contributed by atoms with Crippen LogP contribution in [0.5, 0.6) is 0 Å². The summed E-state index contributed by atoms with van der Waals surface area (Å²) in [5.74, 6) is 0.321. The number of hydrogen-bond donors (Lipinski definition) is 2. The zero-order chi connectivity index (χ0) is 13.0. The first-order chi connectivity index (χ1) is 8.66. The van der Waals surface area contributed by atoms with Crippen LogP contribution in [0.4, 0.5) is 0 Å². The Morgan fingerprint density at radius 1 is 1.39 bits per heavy atom. The van der Waals surface area contributed by atoms with Gasteiger partial charge in [0.2, 0.25) is 0 Å². The highest BCUT2D eigenvalue weighted by atomic mass is 16.3. The highest BCUT2D eigenvalue weighted by Gasteiger charge is 2.08. The fourth-order valence-electron chi connectivity index (χ4n) is 1.87. The number of pyridine rings is 1. The van der Waals surface area contributed by atoms with Gasteiger partial charge in [-0.15, -0.1) is 0 Å². The van der Waals surface area contributed by atoms with Crippen molar-refractivity contribution < 1.29 is 5.11 Å². The molecule has 1 atom stereocenters. The summed E-state index contributed by atoms with van der Waals surface area (Å²) in [6.45, 7) is 5.62. The van der Waals surface area contributed by atoms with E-state index in [0.29, 0.717) is 5.92 Å². The third-order valence-electron chi connectivity index (χ3n) is 3.11. The van der Waals surface area contributed by atoms with Gasteiger partial charge in [0.15, 0.2) is 0 Å². The van der Waals surface area contributed by atoms with Crippen molar-refractivity contribution in [3.05, 3.63) is 36.3 Å². The van der Waals surface area contributed by atoms with Crippen molar-refractivity contribution in [1.82, 2.24) is 14.7 Å². The summed E-state index contributed by atoms with van der Waals surface area (Å²) >= 11 is 0. The van der Waals surface area contributed by atoms with E-state index >= 15 is 0 Å². The first-order valence-corrected chi connectivity index (χ1v) is 6.48. The van der Waals surface area contributed by atoms with Crippen molar-refractivity contribution in [1.29, 1.82) is 0 Å². The zero-order valence-electron chi connectivity index (χ0n) is 11.0. The first kappa shape index (κ1) is 13.1. The lowest BCUT2D eigenvalue weighted by Crippen LogP contribution is -2.23. The van der Waals surface area contributed by atoms with Crippen molar-refractivity contribution in [2.45, 2.75) is 32.9 Å². The van der Waals surface area contributed by atoms with Gasteiger partial charge in [0.05, 0.1) is 11.8 Å². The lowest BCUT2D eigenvalue weighted by molar-refractivity contribution is 0.116. The van der Waals surface area contributed by atoms with Crippen LogP contribution in [0.15, 0.2) is 30.6 Å². The lowest BCUT2D eigenvalue weighted by atomic mass is 10.0. The molecule has 1 unspecified atom stereocenters. The van der Waals surface area contributed by atoms with E-state index in [9.17, 15) is 5.11 Å². The van der Waals surface area contributed by atoms with Crippen molar-refractivity contribution in [2.75, 3.05) is 6.54 Å². The number of aromatic nitrogens is 2. The minimum Gasteiger partial charge on any atom is -0.393 e. The number of nitrogens with zero attached hydrogens (tertiary/aromatic N) is 2. The molecule has 0 aromatic carbocycles. The largest absolute Gasteiger partial charge is 0.393 e.